The van der Waals surface area contributed by atoms with Gasteiger partial charge in [-0.2, -0.15) is 13.2 Å². The normalized spacial score (nSPS) is 12.7. The Hall–Kier alpha value is -1.93. The summed E-state index contributed by atoms with van der Waals surface area (Å²) in [6.07, 6.45) is -6.01. The lowest BCUT2D eigenvalue weighted by Gasteiger charge is -2.18. The molecule has 0 saturated heterocycles. The lowest BCUT2D eigenvalue weighted by Crippen LogP contribution is -2.29. The molecule has 1 amide bonds. The molecule has 3 nitrogen and oxygen atoms in total. The lowest BCUT2D eigenvalue weighted by molar-refractivity contribution is -0.139. The van der Waals surface area contributed by atoms with Crippen molar-refractivity contribution in [1.82, 2.24) is 5.32 Å². The lowest BCUT2D eigenvalue weighted by atomic mass is 10.0. The molecule has 0 radical (unpaired) electrons. The summed E-state index contributed by atoms with van der Waals surface area (Å²) in [6, 6.07) is 9.12. The zero-order chi connectivity index (χ0) is 19.3. The topological polar surface area (TPSA) is 49.3 Å². The average Bonchev–Trinajstić information content (AvgIpc) is 2.58. The third-order valence-corrected chi connectivity index (χ3v) is 4.25. The van der Waals surface area contributed by atoms with Gasteiger partial charge in [-0.15, -0.1) is 0 Å². The van der Waals surface area contributed by atoms with Crippen molar-refractivity contribution in [3.8, 4) is 0 Å². The van der Waals surface area contributed by atoms with Gasteiger partial charge in [0, 0.05) is 17.4 Å². The number of carbonyl (C=O) groups is 1. The van der Waals surface area contributed by atoms with Crippen molar-refractivity contribution >= 4 is 21.8 Å². The van der Waals surface area contributed by atoms with Crippen LogP contribution >= 0.6 is 15.9 Å². The Morgan fingerprint density at radius 3 is 2.54 bits per heavy atom. The first-order valence-corrected chi connectivity index (χ1v) is 8.52. The second kappa shape index (κ2) is 8.64. The Bertz CT molecular complexity index is 780. The van der Waals surface area contributed by atoms with Crippen molar-refractivity contribution in [2.75, 3.05) is 6.54 Å². The van der Waals surface area contributed by atoms with Crippen LogP contribution in [0.3, 0.4) is 0 Å². The summed E-state index contributed by atoms with van der Waals surface area (Å²) in [5.41, 5.74) is -0.899. The first-order valence-electron chi connectivity index (χ1n) is 7.73. The van der Waals surface area contributed by atoms with Crippen molar-refractivity contribution in [3.05, 3.63) is 69.4 Å². The number of aliphatic hydroxyl groups excluding tert-OH is 1. The first-order chi connectivity index (χ1) is 12.2. The molecule has 26 heavy (non-hydrogen) atoms. The molecule has 2 aromatic rings. The maximum atomic E-state index is 13.7. The van der Waals surface area contributed by atoms with Gasteiger partial charge in [0.05, 0.1) is 11.7 Å². The van der Waals surface area contributed by atoms with Crippen LogP contribution in [-0.4, -0.2) is 17.6 Å². The van der Waals surface area contributed by atoms with Crippen LogP contribution in [0.5, 0.6) is 0 Å². The zero-order valence-corrected chi connectivity index (χ0v) is 15.1. The number of carbonyl (C=O) groups excluding carboxylic acids is 1. The molecule has 2 rings (SSSR count). The van der Waals surface area contributed by atoms with Crippen molar-refractivity contribution in [2.45, 2.75) is 25.1 Å². The van der Waals surface area contributed by atoms with Gasteiger partial charge >= 0.3 is 6.18 Å². The molecule has 0 fully saturated rings. The fourth-order valence-corrected chi connectivity index (χ4v) is 2.76. The molecule has 0 saturated carbocycles. The van der Waals surface area contributed by atoms with Gasteiger partial charge in [-0.1, -0.05) is 40.2 Å². The van der Waals surface area contributed by atoms with E-state index in [4.69, 9.17) is 0 Å². The molecule has 0 aliphatic rings. The van der Waals surface area contributed by atoms with E-state index in [1.54, 1.807) is 12.1 Å². The quantitative estimate of drug-likeness (QED) is 0.663. The number of benzene rings is 2. The first kappa shape index (κ1) is 20.4. The Balaban J connectivity index is 1.91. The van der Waals surface area contributed by atoms with Crippen LogP contribution in [0.15, 0.2) is 46.9 Å². The Kier molecular flexibility index (Phi) is 6.77. The maximum Gasteiger partial charge on any atom is 0.416 e. The Morgan fingerprint density at radius 2 is 1.88 bits per heavy atom. The van der Waals surface area contributed by atoms with Gasteiger partial charge in [0.2, 0.25) is 5.91 Å². The van der Waals surface area contributed by atoms with E-state index in [1.165, 1.54) is 18.2 Å². The van der Waals surface area contributed by atoms with Crippen LogP contribution in [0, 0.1) is 5.82 Å². The Morgan fingerprint density at radius 1 is 1.19 bits per heavy atom. The number of amides is 1. The molecule has 1 atom stereocenters. The number of hydrogen-bond acceptors (Lipinski definition) is 2. The SMILES string of the molecule is O=C(CCc1ccc(Br)cc1F)NCC(O)c1ccccc1C(F)(F)F. The van der Waals surface area contributed by atoms with Gasteiger partial charge in [-0.3, -0.25) is 4.79 Å². The molecule has 0 aliphatic carbocycles. The monoisotopic (exact) mass is 433 g/mol. The molecule has 0 bridgehead atoms. The fourth-order valence-electron chi connectivity index (χ4n) is 2.43. The minimum absolute atomic E-state index is 0.0494. The highest BCUT2D eigenvalue weighted by molar-refractivity contribution is 9.10. The molecule has 0 heterocycles. The average molecular weight is 434 g/mol. The summed E-state index contributed by atoms with van der Waals surface area (Å²) in [6.45, 7) is -0.366. The number of nitrogens with one attached hydrogen (secondary N) is 1. The van der Waals surface area contributed by atoms with Crippen LogP contribution in [0.1, 0.15) is 29.2 Å². The highest BCUT2D eigenvalue weighted by Gasteiger charge is 2.34. The predicted octanol–water partition coefficient (Wildman–Crippen LogP) is 4.39. The largest absolute Gasteiger partial charge is 0.416 e. The van der Waals surface area contributed by atoms with Gasteiger partial charge in [0.1, 0.15) is 5.82 Å². The third kappa shape index (κ3) is 5.54. The van der Waals surface area contributed by atoms with E-state index in [-0.39, 0.29) is 24.9 Å². The van der Waals surface area contributed by atoms with E-state index in [2.05, 4.69) is 21.2 Å². The standard InChI is InChI=1S/C18H16BrF4NO2/c19-12-7-5-11(15(20)9-12)6-8-17(26)24-10-16(25)13-3-1-2-4-14(13)18(21,22)23/h1-5,7,9,16,25H,6,8,10H2,(H,24,26). The zero-order valence-electron chi connectivity index (χ0n) is 13.5. The third-order valence-electron chi connectivity index (χ3n) is 3.75. The van der Waals surface area contributed by atoms with Crippen LogP contribution in [0.4, 0.5) is 17.6 Å². The molecule has 2 N–H and O–H groups in total. The Labute approximate surface area is 156 Å². The molecule has 8 heteroatoms. The number of hydrogen-bond donors (Lipinski definition) is 2. The summed E-state index contributed by atoms with van der Waals surface area (Å²) in [5, 5.41) is 12.4. The molecule has 140 valence electrons. The summed E-state index contributed by atoms with van der Waals surface area (Å²) in [4.78, 5) is 11.8. The van der Waals surface area contributed by atoms with Crippen molar-refractivity contribution < 1.29 is 27.5 Å². The number of alkyl halides is 3. The maximum absolute atomic E-state index is 13.7. The number of halogens is 5. The van der Waals surface area contributed by atoms with E-state index in [0.717, 1.165) is 12.1 Å². The number of rotatable bonds is 6. The highest BCUT2D eigenvalue weighted by Crippen LogP contribution is 2.34. The minimum Gasteiger partial charge on any atom is -0.387 e. The molecular weight excluding hydrogens is 418 g/mol. The highest BCUT2D eigenvalue weighted by atomic mass is 79.9. The van der Waals surface area contributed by atoms with Crippen molar-refractivity contribution in [2.24, 2.45) is 0 Å². The molecule has 0 aromatic heterocycles. The van der Waals surface area contributed by atoms with Gasteiger partial charge in [0.25, 0.3) is 0 Å². The smallest absolute Gasteiger partial charge is 0.387 e. The van der Waals surface area contributed by atoms with Crippen LogP contribution in [0.25, 0.3) is 0 Å². The molecule has 0 spiro atoms. The van der Waals surface area contributed by atoms with Crippen molar-refractivity contribution in [3.63, 3.8) is 0 Å². The van der Waals surface area contributed by atoms with Crippen LogP contribution in [0.2, 0.25) is 0 Å². The van der Waals surface area contributed by atoms with E-state index in [9.17, 15) is 27.5 Å². The van der Waals surface area contributed by atoms with Crippen LogP contribution < -0.4 is 5.32 Å². The van der Waals surface area contributed by atoms with Crippen molar-refractivity contribution in [1.29, 1.82) is 0 Å². The van der Waals surface area contributed by atoms with Gasteiger partial charge in [0.15, 0.2) is 0 Å². The van der Waals surface area contributed by atoms with E-state index < -0.39 is 29.6 Å². The van der Waals surface area contributed by atoms with Gasteiger partial charge < -0.3 is 10.4 Å². The summed E-state index contributed by atoms with van der Waals surface area (Å²) in [5.74, 6) is -0.942. The fraction of sp³-hybridized carbons (Fsp3) is 0.278. The number of aryl methyl sites for hydroxylation is 1. The number of aliphatic hydroxyl groups is 1. The summed E-state index contributed by atoms with van der Waals surface area (Å²) >= 11 is 3.13. The summed E-state index contributed by atoms with van der Waals surface area (Å²) < 4.78 is 53.1. The van der Waals surface area contributed by atoms with Gasteiger partial charge in [-0.05, 0) is 35.7 Å². The molecule has 2 aromatic carbocycles. The predicted molar refractivity (Wildman–Crippen MR) is 91.8 cm³/mol. The summed E-state index contributed by atoms with van der Waals surface area (Å²) in [7, 11) is 0. The second-order valence-corrected chi connectivity index (χ2v) is 6.56. The van der Waals surface area contributed by atoms with E-state index in [0.29, 0.717) is 10.0 Å². The molecular formula is C18H16BrF4NO2. The van der Waals surface area contributed by atoms with Crippen LogP contribution in [-0.2, 0) is 17.4 Å². The van der Waals surface area contributed by atoms with Gasteiger partial charge in [-0.25, -0.2) is 4.39 Å². The van der Waals surface area contributed by atoms with E-state index >= 15 is 0 Å². The minimum atomic E-state index is -4.60. The van der Waals surface area contributed by atoms with E-state index in [1.807, 2.05) is 0 Å². The molecule has 0 aliphatic heterocycles. The molecule has 1 unspecified atom stereocenters. The second-order valence-electron chi connectivity index (χ2n) is 5.64.